The molecule has 1 radical (unpaired) electrons. The maximum absolute atomic E-state index is 4.24. The van der Waals surface area contributed by atoms with Crippen LogP contribution >= 0.6 is 12.8 Å². The second-order valence-corrected chi connectivity index (χ2v) is 2.74. The van der Waals surface area contributed by atoms with Gasteiger partial charge in [0, 0.05) is 13.1 Å². The van der Waals surface area contributed by atoms with Crippen molar-refractivity contribution in [3.63, 3.8) is 0 Å². The molecule has 2 heteroatoms. The summed E-state index contributed by atoms with van der Waals surface area (Å²) in [5.41, 5.74) is 0. The van der Waals surface area contributed by atoms with Gasteiger partial charge in [-0.2, -0.15) is 0 Å². The lowest BCUT2D eigenvalue weighted by Gasteiger charge is -2.08. The fourth-order valence-corrected chi connectivity index (χ4v) is 1.17. The highest BCUT2D eigenvalue weighted by atomic mass is 32.1. The summed E-state index contributed by atoms with van der Waals surface area (Å²) in [6.07, 6.45) is 6.11. The first-order valence-corrected chi connectivity index (χ1v) is 3.55. The Morgan fingerprint density at radius 1 is 1.25 bits per heavy atom. The first-order chi connectivity index (χ1) is 3.89. The number of thiol groups is 1. The van der Waals surface area contributed by atoms with Gasteiger partial charge in [-0.25, -0.2) is 0 Å². The van der Waals surface area contributed by atoms with Crippen LogP contribution < -0.4 is 0 Å². The van der Waals surface area contributed by atoms with Crippen LogP contribution in [0.15, 0.2) is 0 Å². The van der Waals surface area contributed by atoms with Crippen LogP contribution in [-0.4, -0.2) is 17.4 Å². The lowest BCUT2D eigenvalue weighted by Crippen LogP contribution is -2.11. The van der Waals surface area contributed by atoms with E-state index in [1.165, 1.54) is 19.3 Å². The van der Waals surface area contributed by atoms with Crippen LogP contribution in [0.25, 0.3) is 0 Å². The van der Waals surface area contributed by atoms with E-state index in [1.54, 1.807) is 0 Å². The Labute approximate surface area is 56.6 Å². The van der Waals surface area contributed by atoms with Crippen LogP contribution in [0.1, 0.15) is 19.3 Å². The van der Waals surface area contributed by atoms with Crippen LogP contribution in [0.2, 0.25) is 0 Å². The predicted octanol–water partition coefficient (Wildman–Crippen LogP) is 1.52. The molecule has 1 aliphatic rings. The van der Waals surface area contributed by atoms with Gasteiger partial charge >= 0.3 is 0 Å². The summed E-state index contributed by atoms with van der Waals surface area (Å²) >= 11 is 4.24. The van der Waals surface area contributed by atoms with Gasteiger partial charge in [0.25, 0.3) is 0 Å². The van der Waals surface area contributed by atoms with Crippen molar-refractivity contribution in [2.24, 2.45) is 0 Å². The summed E-state index contributed by atoms with van der Waals surface area (Å²) in [6, 6.07) is 0. The van der Waals surface area contributed by atoms with Gasteiger partial charge in [0.2, 0.25) is 0 Å². The molecule has 47 valence electrons. The van der Waals surface area contributed by atoms with Crippen molar-refractivity contribution in [1.82, 2.24) is 4.31 Å². The molecular formula is C6H12NS. The second kappa shape index (κ2) is 3.36. The monoisotopic (exact) mass is 130 g/mol. The third kappa shape index (κ3) is 2.05. The highest BCUT2D eigenvalue weighted by Crippen LogP contribution is 2.09. The Balaban J connectivity index is 2.17. The van der Waals surface area contributed by atoms with Crippen molar-refractivity contribution in [3.05, 3.63) is 6.42 Å². The SMILES string of the molecule is SN1CC[CH]CCC1. The maximum atomic E-state index is 4.24. The zero-order valence-corrected chi connectivity index (χ0v) is 5.90. The van der Waals surface area contributed by atoms with E-state index >= 15 is 0 Å². The van der Waals surface area contributed by atoms with E-state index in [4.69, 9.17) is 0 Å². The Kier molecular flexibility index (Phi) is 2.70. The average molecular weight is 130 g/mol. The van der Waals surface area contributed by atoms with Gasteiger partial charge in [0.15, 0.2) is 0 Å². The Morgan fingerprint density at radius 3 is 3.00 bits per heavy atom. The third-order valence-electron chi connectivity index (χ3n) is 1.42. The summed E-state index contributed by atoms with van der Waals surface area (Å²) in [4.78, 5) is 0. The molecule has 1 heterocycles. The minimum Gasteiger partial charge on any atom is -0.253 e. The number of nitrogens with zero attached hydrogens (tertiary/aromatic N) is 1. The van der Waals surface area contributed by atoms with Crippen LogP contribution in [0.3, 0.4) is 0 Å². The molecule has 0 N–H and O–H groups in total. The first-order valence-electron chi connectivity index (χ1n) is 3.15. The van der Waals surface area contributed by atoms with Gasteiger partial charge in [-0.1, -0.05) is 12.8 Å². The molecular weight excluding hydrogens is 118 g/mol. The van der Waals surface area contributed by atoms with Gasteiger partial charge in [-0.05, 0) is 25.7 Å². The van der Waals surface area contributed by atoms with Crippen LogP contribution in [0, 0.1) is 6.42 Å². The zero-order chi connectivity index (χ0) is 5.82. The van der Waals surface area contributed by atoms with Gasteiger partial charge in [-0.3, -0.25) is 4.31 Å². The fourth-order valence-electron chi connectivity index (χ4n) is 0.915. The predicted molar refractivity (Wildman–Crippen MR) is 38.7 cm³/mol. The van der Waals surface area contributed by atoms with Gasteiger partial charge in [0.1, 0.15) is 0 Å². The van der Waals surface area contributed by atoms with Crippen LogP contribution in [0.4, 0.5) is 0 Å². The van der Waals surface area contributed by atoms with Gasteiger partial charge in [0.05, 0.1) is 0 Å². The summed E-state index contributed by atoms with van der Waals surface area (Å²) < 4.78 is 2.09. The van der Waals surface area contributed by atoms with Crippen molar-refractivity contribution in [2.75, 3.05) is 13.1 Å². The minimum absolute atomic E-state index is 1.13. The van der Waals surface area contributed by atoms with Crippen molar-refractivity contribution in [2.45, 2.75) is 19.3 Å². The Morgan fingerprint density at radius 2 is 2.12 bits per heavy atom. The standard InChI is InChI=1S/C6H12NS/c8-7-5-3-1-2-4-6-7/h1,8H,2-6H2. The van der Waals surface area contributed by atoms with Crippen LogP contribution in [0.5, 0.6) is 0 Å². The van der Waals surface area contributed by atoms with E-state index in [-0.39, 0.29) is 0 Å². The average Bonchev–Trinajstić information content (AvgIpc) is 1.94. The summed E-state index contributed by atoms with van der Waals surface area (Å²) in [6.45, 7) is 2.28. The fraction of sp³-hybridized carbons (Fsp3) is 0.833. The quantitative estimate of drug-likeness (QED) is 0.487. The molecule has 1 aliphatic heterocycles. The molecule has 1 fully saturated rings. The van der Waals surface area contributed by atoms with Crippen molar-refractivity contribution in [1.29, 1.82) is 0 Å². The Bertz CT molecular complexity index is 57.5. The molecule has 0 atom stereocenters. The molecule has 0 bridgehead atoms. The van der Waals surface area contributed by atoms with E-state index in [2.05, 4.69) is 23.5 Å². The maximum Gasteiger partial charge on any atom is 0.00897 e. The van der Waals surface area contributed by atoms with E-state index < -0.39 is 0 Å². The van der Waals surface area contributed by atoms with Crippen molar-refractivity contribution in [3.8, 4) is 0 Å². The van der Waals surface area contributed by atoms with E-state index in [0.717, 1.165) is 13.1 Å². The molecule has 0 unspecified atom stereocenters. The van der Waals surface area contributed by atoms with Crippen molar-refractivity contribution >= 4 is 12.8 Å². The molecule has 0 aromatic heterocycles. The molecule has 0 amide bonds. The van der Waals surface area contributed by atoms with E-state index in [9.17, 15) is 0 Å². The molecule has 1 rings (SSSR count). The third-order valence-corrected chi connectivity index (χ3v) is 1.82. The molecule has 0 spiro atoms. The van der Waals surface area contributed by atoms with E-state index in [0.29, 0.717) is 0 Å². The molecule has 0 saturated carbocycles. The molecule has 8 heavy (non-hydrogen) atoms. The van der Waals surface area contributed by atoms with Gasteiger partial charge < -0.3 is 0 Å². The smallest absolute Gasteiger partial charge is 0.00897 e. The largest absolute Gasteiger partial charge is 0.253 e. The normalized spacial score (nSPS) is 25.1. The molecule has 0 aromatic carbocycles. The number of rotatable bonds is 0. The van der Waals surface area contributed by atoms with E-state index in [1.807, 2.05) is 0 Å². The summed E-state index contributed by atoms with van der Waals surface area (Å²) in [5.74, 6) is 0. The highest BCUT2D eigenvalue weighted by Gasteiger charge is 2.02. The lowest BCUT2D eigenvalue weighted by atomic mass is 10.2. The summed E-state index contributed by atoms with van der Waals surface area (Å²) in [5, 5.41) is 0. The molecule has 1 saturated heterocycles. The van der Waals surface area contributed by atoms with Gasteiger partial charge in [-0.15, -0.1) is 0 Å². The highest BCUT2D eigenvalue weighted by molar-refractivity contribution is 7.77. The molecule has 0 aliphatic carbocycles. The van der Waals surface area contributed by atoms with Crippen molar-refractivity contribution < 1.29 is 0 Å². The molecule has 1 nitrogen and oxygen atoms in total. The zero-order valence-electron chi connectivity index (χ0n) is 5.01. The Hall–Kier alpha value is 0.310. The summed E-state index contributed by atoms with van der Waals surface area (Å²) in [7, 11) is 0. The van der Waals surface area contributed by atoms with Crippen LogP contribution in [-0.2, 0) is 0 Å². The number of hydrogen-bond donors (Lipinski definition) is 1. The lowest BCUT2D eigenvalue weighted by molar-refractivity contribution is 0.498. The topological polar surface area (TPSA) is 3.24 Å². The number of hydrogen-bond acceptors (Lipinski definition) is 2. The first kappa shape index (κ1) is 6.43. The second-order valence-electron chi connectivity index (χ2n) is 2.17. The molecule has 0 aromatic rings. The minimum atomic E-state index is 1.13.